The summed E-state index contributed by atoms with van der Waals surface area (Å²) in [5.74, 6) is 1.61. The lowest BCUT2D eigenvalue weighted by atomic mass is 10.0. The third-order valence-corrected chi connectivity index (χ3v) is 6.13. The van der Waals surface area contributed by atoms with Gasteiger partial charge in [0.05, 0.1) is 6.04 Å². The van der Waals surface area contributed by atoms with E-state index in [4.69, 9.17) is 0 Å². The van der Waals surface area contributed by atoms with Crippen LogP contribution in [0, 0.1) is 5.82 Å². The average molecular weight is 386 g/mol. The number of anilines is 1. The van der Waals surface area contributed by atoms with E-state index < -0.39 is 0 Å². The zero-order chi connectivity index (χ0) is 18.6. The number of amides is 2. The van der Waals surface area contributed by atoms with Crippen LogP contribution >= 0.6 is 11.8 Å². The van der Waals surface area contributed by atoms with Gasteiger partial charge >= 0.3 is 6.03 Å². The SMILES string of the molecule is O=C(NCc1ccnc(N2CCCC2)c1)NC1CCSc2ccc(F)cc21. The summed E-state index contributed by atoms with van der Waals surface area (Å²) in [6, 6.07) is 8.34. The maximum Gasteiger partial charge on any atom is 0.315 e. The third-order valence-electron chi connectivity index (χ3n) is 5.01. The molecule has 2 aliphatic heterocycles. The first-order chi connectivity index (χ1) is 13.2. The van der Waals surface area contributed by atoms with Crippen LogP contribution in [0.2, 0.25) is 0 Å². The number of fused-ring (bicyclic) bond motifs is 1. The number of nitrogens with zero attached hydrogens (tertiary/aromatic N) is 2. The maximum absolute atomic E-state index is 13.6. The number of halogens is 1. The lowest BCUT2D eigenvalue weighted by Crippen LogP contribution is -2.38. The molecule has 1 saturated heterocycles. The van der Waals surface area contributed by atoms with Gasteiger partial charge < -0.3 is 15.5 Å². The Morgan fingerprint density at radius 1 is 1.26 bits per heavy atom. The molecule has 2 aliphatic rings. The number of urea groups is 1. The first kappa shape index (κ1) is 18.1. The summed E-state index contributed by atoms with van der Waals surface area (Å²) in [5.41, 5.74) is 1.88. The minimum atomic E-state index is -0.269. The predicted molar refractivity (Wildman–Crippen MR) is 106 cm³/mol. The van der Waals surface area contributed by atoms with E-state index in [-0.39, 0.29) is 17.9 Å². The summed E-state index contributed by atoms with van der Waals surface area (Å²) in [7, 11) is 0. The smallest absolute Gasteiger partial charge is 0.315 e. The number of pyridine rings is 1. The number of hydrogen-bond donors (Lipinski definition) is 2. The molecule has 0 aliphatic carbocycles. The number of benzene rings is 1. The molecular weight excluding hydrogens is 363 g/mol. The van der Waals surface area contributed by atoms with Crippen LogP contribution in [0.5, 0.6) is 0 Å². The molecule has 1 fully saturated rings. The molecule has 2 amide bonds. The van der Waals surface area contributed by atoms with Crippen LogP contribution in [0.4, 0.5) is 15.0 Å². The Balaban J connectivity index is 1.36. The number of carbonyl (C=O) groups is 1. The summed E-state index contributed by atoms with van der Waals surface area (Å²) >= 11 is 1.70. The first-order valence-corrected chi connectivity index (χ1v) is 10.3. The van der Waals surface area contributed by atoms with E-state index in [1.807, 2.05) is 12.1 Å². The highest BCUT2D eigenvalue weighted by atomic mass is 32.2. The van der Waals surface area contributed by atoms with Gasteiger partial charge in [-0.25, -0.2) is 14.2 Å². The van der Waals surface area contributed by atoms with Gasteiger partial charge in [0.25, 0.3) is 0 Å². The Kier molecular flexibility index (Phi) is 5.48. The number of nitrogens with one attached hydrogen (secondary N) is 2. The van der Waals surface area contributed by atoms with Crippen molar-refractivity contribution in [2.45, 2.75) is 36.7 Å². The first-order valence-electron chi connectivity index (χ1n) is 9.35. The zero-order valence-electron chi connectivity index (χ0n) is 15.1. The van der Waals surface area contributed by atoms with Crippen LogP contribution in [0.25, 0.3) is 0 Å². The summed E-state index contributed by atoms with van der Waals surface area (Å²) in [4.78, 5) is 20.1. The van der Waals surface area contributed by atoms with Gasteiger partial charge in [-0.1, -0.05) is 0 Å². The molecule has 0 radical (unpaired) electrons. The molecule has 0 bridgehead atoms. The highest BCUT2D eigenvalue weighted by molar-refractivity contribution is 7.99. The van der Waals surface area contributed by atoms with E-state index >= 15 is 0 Å². The van der Waals surface area contributed by atoms with Gasteiger partial charge in [-0.2, -0.15) is 0 Å². The average Bonchev–Trinajstić information content (AvgIpc) is 3.22. The number of hydrogen-bond acceptors (Lipinski definition) is 4. The van der Waals surface area contributed by atoms with Gasteiger partial charge in [0.2, 0.25) is 0 Å². The second kappa shape index (κ2) is 8.17. The standard InChI is InChI=1S/C20H23FN4OS/c21-15-3-4-18-16(12-15)17(6-10-27-18)24-20(26)23-13-14-5-7-22-19(11-14)25-8-1-2-9-25/h3-5,7,11-12,17H,1-2,6,8-10,13H2,(H2,23,24,26). The van der Waals surface area contributed by atoms with Crippen molar-refractivity contribution < 1.29 is 9.18 Å². The molecular formula is C20H23FN4OS. The number of aromatic nitrogens is 1. The van der Waals surface area contributed by atoms with Crippen LogP contribution in [-0.2, 0) is 6.54 Å². The van der Waals surface area contributed by atoms with Crippen molar-refractivity contribution >= 4 is 23.6 Å². The molecule has 0 spiro atoms. The van der Waals surface area contributed by atoms with Crippen molar-refractivity contribution in [3.05, 3.63) is 53.5 Å². The van der Waals surface area contributed by atoms with Gasteiger partial charge in [-0.05, 0) is 60.7 Å². The van der Waals surface area contributed by atoms with Crippen molar-refractivity contribution in [1.29, 1.82) is 0 Å². The van der Waals surface area contributed by atoms with Crippen LogP contribution < -0.4 is 15.5 Å². The third kappa shape index (κ3) is 4.35. The van der Waals surface area contributed by atoms with Gasteiger partial charge in [0.1, 0.15) is 11.6 Å². The minimum Gasteiger partial charge on any atom is -0.357 e. The Bertz CT molecular complexity index is 825. The van der Waals surface area contributed by atoms with Gasteiger partial charge in [0.15, 0.2) is 0 Å². The Hall–Kier alpha value is -2.28. The second-order valence-corrected chi connectivity index (χ2v) is 8.05. The Morgan fingerprint density at radius 2 is 2.11 bits per heavy atom. The van der Waals surface area contributed by atoms with Gasteiger partial charge in [0, 0.05) is 36.5 Å². The van der Waals surface area contributed by atoms with Crippen molar-refractivity contribution in [2.75, 3.05) is 23.7 Å². The molecule has 1 aromatic carbocycles. The lowest BCUT2D eigenvalue weighted by Gasteiger charge is -2.26. The molecule has 2 aromatic rings. The molecule has 1 atom stereocenters. The number of rotatable bonds is 4. The van der Waals surface area contributed by atoms with Crippen LogP contribution in [0.15, 0.2) is 41.4 Å². The van der Waals surface area contributed by atoms with Crippen LogP contribution in [0.3, 0.4) is 0 Å². The molecule has 1 unspecified atom stereocenters. The highest BCUT2D eigenvalue weighted by Crippen LogP contribution is 2.36. The topological polar surface area (TPSA) is 57.3 Å². The fourth-order valence-corrected chi connectivity index (χ4v) is 4.70. The van der Waals surface area contributed by atoms with Crippen molar-refractivity contribution in [2.24, 2.45) is 0 Å². The maximum atomic E-state index is 13.6. The summed E-state index contributed by atoms with van der Waals surface area (Å²) in [5, 5.41) is 5.90. The van der Waals surface area contributed by atoms with E-state index in [2.05, 4.69) is 20.5 Å². The number of carbonyl (C=O) groups excluding carboxylic acids is 1. The highest BCUT2D eigenvalue weighted by Gasteiger charge is 2.23. The van der Waals surface area contributed by atoms with E-state index in [0.717, 1.165) is 47.1 Å². The Morgan fingerprint density at radius 3 is 2.96 bits per heavy atom. The van der Waals surface area contributed by atoms with Crippen LogP contribution in [-0.4, -0.2) is 29.9 Å². The molecule has 4 rings (SSSR count). The van der Waals surface area contributed by atoms with Gasteiger partial charge in [-0.3, -0.25) is 0 Å². The normalized spacial score (nSPS) is 18.9. The van der Waals surface area contributed by atoms with Crippen LogP contribution in [0.1, 0.15) is 36.4 Å². The van der Waals surface area contributed by atoms with E-state index in [1.54, 1.807) is 24.0 Å². The van der Waals surface area contributed by atoms with Crippen molar-refractivity contribution in [3.63, 3.8) is 0 Å². The van der Waals surface area contributed by atoms with E-state index in [0.29, 0.717) is 6.54 Å². The molecule has 7 heteroatoms. The van der Waals surface area contributed by atoms with Crippen molar-refractivity contribution in [1.82, 2.24) is 15.6 Å². The summed E-state index contributed by atoms with van der Waals surface area (Å²) in [6.45, 7) is 2.52. The van der Waals surface area contributed by atoms with E-state index in [9.17, 15) is 9.18 Å². The lowest BCUT2D eigenvalue weighted by molar-refractivity contribution is 0.236. The summed E-state index contributed by atoms with van der Waals surface area (Å²) in [6.07, 6.45) is 4.99. The molecule has 27 heavy (non-hydrogen) atoms. The quantitative estimate of drug-likeness (QED) is 0.838. The molecule has 142 valence electrons. The largest absolute Gasteiger partial charge is 0.357 e. The fraction of sp³-hybridized carbons (Fsp3) is 0.400. The summed E-state index contributed by atoms with van der Waals surface area (Å²) < 4.78 is 13.6. The molecule has 0 saturated carbocycles. The molecule has 1 aromatic heterocycles. The van der Waals surface area contributed by atoms with Gasteiger partial charge in [-0.15, -0.1) is 11.8 Å². The van der Waals surface area contributed by atoms with Crippen molar-refractivity contribution in [3.8, 4) is 0 Å². The predicted octanol–water partition coefficient (Wildman–Crippen LogP) is 3.86. The number of thioether (sulfide) groups is 1. The molecule has 2 N–H and O–H groups in total. The molecule has 5 nitrogen and oxygen atoms in total. The molecule has 3 heterocycles. The van der Waals surface area contributed by atoms with E-state index in [1.165, 1.54) is 25.0 Å². The fourth-order valence-electron chi connectivity index (χ4n) is 3.60. The minimum absolute atomic E-state index is 0.158. The zero-order valence-corrected chi connectivity index (χ0v) is 15.9. The monoisotopic (exact) mass is 386 g/mol. The second-order valence-electron chi connectivity index (χ2n) is 6.92. The Labute approximate surface area is 162 Å².